The maximum Gasteiger partial charge on any atom is 0.350 e. The van der Waals surface area contributed by atoms with Crippen molar-refractivity contribution in [1.29, 1.82) is 0 Å². The third kappa shape index (κ3) is 4.06. The van der Waals surface area contributed by atoms with Crippen LogP contribution in [0.2, 0.25) is 0 Å². The number of hydrogen-bond donors (Lipinski definition) is 1. The van der Waals surface area contributed by atoms with Gasteiger partial charge < -0.3 is 9.84 Å². The molecule has 1 unspecified atom stereocenters. The zero-order valence-corrected chi connectivity index (χ0v) is 18.4. The number of rotatable bonds is 6. The van der Waals surface area contributed by atoms with Crippen LogP contribution < -0.4 is 4.90 Å². The fourth-order valence-corrected chi connectivity index (χ4v) is 4.51. The predicted molar refractivity (Wildman–Crippen MR) is 123 cm³/mol. The van der Waals surface area contributed by atoms with E-state index in [0.29, 0.717) is 16.8 Å². The normalized spacial score (nSPS) is 17.2. The number of hydrogen-bond acceptors (Lipinski definition) is 8. The Labute approximate surface area is 193 Å². The maximum atomic E-state index is 13.2. The molecule has 9 heteroatoms. The molecule has 0 radical (unpaired) electrons. The minimum absolute atomic E-state index is 0.0337. The van der Waals surface area contributed by atoms with Crippen molar-refractivity contribution in [2.75, 3.05) is 11.5 Å². The van der Waals surface area contributed by atoms with Crippen molar-refractivity contribution in [3.63, 3.8) is 0 Å². The van der Waals surface area contributed by atoms with E-state index < -0.39 is 23.7 Å². The monoisotopic (exact) mass is 461 g/mol. The lowest BCUT2D eigenvalue weighted by Crippen LogP contribution is -2.29. The fraction of sp³-hybridized carbons (Fsp3) is 0.125. The number of aliphatic hydroxyl groups is 1. The topological polar surface area (TPSA) is 110 Å². The second kappa shape index (κ2) is 9.17. The molecule has 0 aliphatic carbocycles. The lowest BCUT2D eigenvalue weighted by Gasteiger charge is -2.22. The summed E-state index contributed by atoms with van der Waals surface area (Å²) >= 11 is 0.948. The summed E-state index contributed by atoms with van der Waals surface area (Å²) in [4.78, 5) is 48.4. The van der Waals surface area contributed by atoms with Gasteiger partial charge in [0.15, 0.2) is 5.13 Å². The zero-order valence-electron chi connectivity index (χ0n) is 17.6. The number of ether oxygens (including phenoxy) is 1. The highest BCUT2D eigenvalue weighted by Crippen LogP contribution is 2.43. The number of carbonyl (C=O) groups excluding carboxylic acids is 3. The Morgan fingerprint density at radius 2 is 1.91 bits per heavy atom. The lowest BCUT2D eigenvalue weighted by atomic mass is 9.96. The van der Waals surface area contributed by atoms with E-state index in [1.54, 1.807) is 49.4 Å². The number of carbonyl (C=O) groups is 3. The zero-order chi connectivity index (χ0) is 23.5. The Morgan fingerprint density at radius 3 is 2.58 bits per heavy atom. The quantitative estimate of drug-likeness (QED) is 0.195. The lowest BCUT2D eigenvalue weighted by molar-refractivity contribution is -0.132. The van der Waals surface area contributed by atoms with Crippen LogP contribution in [0.1, 0.15) is 32.5 Å². The molecule has 0 spiro atoms. The van der Waals surface area contributed by atoms with E-state index in [0.717, 1.165) is 11.3 Å². The van der Waals surface area contributed by atoms with Crippen molar-refractivity contribution in [3.05, 3.63) is 94.8 Å². The number of amides is 1. The van der Waals surface area contributed by atoms with Gasteiger partial charge in [-0.05, 0) is 24.6 Å². The molecule has 1 saturated heterocycles. The number of aliphatic hydroxyl groups excluding tert-OH is 1. The number of ketones is 1. The van der Waals surface area contributed by atoms with Gasteiger partial charge >= 0.3 is 11.9 Å². The molecule has 1 fully saturated rings. The molecule has 2 aromatic heterocycles. The van der Waals surface area contributed by atoms with Crippen molar-refractivity contribution < 1.29 is 24.2 Å². The van der Waals surface area contributed by atoms with E-state index in [1.807, 2.05) is 0 Å². The molecule has 166 valence electrons. The molecule has 1 aliphatic rings. The van der Waals surface area contributed by atoms with E-state index in [1.165, 1.54) is 23.4 Å². The standard InChI is InChI=1S/C24H19N3O5S/c1-3-13-32-23(31)21-14(2)26-24(33-21)27-18(15-7-5-4-6-8-15)17(20(29)22(27)30)19(28)16-9-11-25-12-10-16/h3-12,18,28H,1,13H2,2H3/b19-17+. The Balaban J connectivity index is 1.86. The van der Waals surface area contributed by atoms with Crippen LogP contribution >= 0.6 is 11.3 Å². The second-order valence-corrected chi connectivity index (χ2v) is 8.09. The first-order chi connectivity index (χ1) is 15.9. The average molecular weight is 461 g/mol. The third-order valence-corrected chi connectivity index (χ3v) is 6.16. The summed E-state index contributed by atoms with van der Waals surface area (Å²) in [5.41, 5.74) is 1.26. The van der Waals surface area contributed by atoms with Crippen LogP contribution in [0.3, 0.4) is 0 Å². The largest absolute Gasteiger partial charge is 0.507 e. The van der Waals surface area contributed by atoms with Crippen LogP contribution in [0.25, 0.3) is 5.76 Å². The van der Waals surface area contributed by atoms with E-state index >= 15 is 0 Å². The maximum absolute atomic E-state index is 13.2. The average Bonchev–Trinajstić information content (AvgIpc) is 3.35. The SMILES string of the molecule is C=CCOC(=O)c1sc(N2C(=O)C(=O)/C(=C(/O)c3ccncc3)C2c2ccccc2)nc1C. The summed E-state index contributed by atoms with van der Waals surface area (Å²) in [5, 5.41) is 11.2. The van der Waals surface area contributed by atoms with Gasteiger partial charge in [0.2, 0.25) is 0 Å². The van der Waals surface area contributed by atoms with Crippen LogP contribution in [0.15, 0.2) is 73.1 Å². The van der Waals surface area contributed by atoms with Gasteiger partial charge in [0, 0.05) is 18.0 Å². The molecule has 1 aromatic carbocycles. The summed E-state index contributed by atoms with van der Waals surface area (Å²) < 4.78 is 5.10. The number of Topliss-reactive ketones (excluding diaryl/α,β-unsaturated/α-hetero) is 1. The van der Waals surface area contributed by atoms with E-state index in [-0.39, 0.29) is 27.9 Å². The highest BCUT2D eigenvalue weighted by atomic mass is 32.1. The molecular formula is C24H19N3O5S. The van der Waals surface area contributed by atoms with E-state index in [9.17, 15) is 19.5 Å². The fourth-order valence-electron chi connectivity index (χ4n) is 3.52. The van der Waals surface area contributed by atoms with Gasteiger partial charge in [0.1, 0.15) is 17.2 Å². The van der Waals surface area contributed by atoms with Crippen LogP contribution in [0.4, 0.5) is 5.13 Å². The number of pyridine rings is 1. The van der Waals surface area contributed by atoms with Gasteiger partial charge in [-0.1, -0.05) is 54.3 Å². The molecule has 4 rings (SSSR count). The molecule has 0 saturated carbocycles. The highest BCUT2D eigenvalue weighted by Gasteiger charge is 2.48. The van der Waals surface area contributed by atoms with Gasteiger partial charge in [-0.2, -0.15) is 0 Å². The number of thiazole rings is 1. The predicted octanol–water partition coefficient (Wildman–Crippen LogP) is 3.82. The Morgan fingerprint density at radius 1 is 1.21 bits per heavy atom. The Kier molecular flexibility index (Phi) is 6.14. The van der Waals surface area contributed by atoms with E-state index in [4.69, 9.17) is 4.74 Å². The molecule has 8 nitrogen and oxygen atoms in total. The molecule has 1 aliphatic heterocycles. The van der Waals surface area contributed by atoms with Crippen molar-refractivity contribution >= 4 is 39.9 Å². The minimum atomic E-state index is -0.929. The van der Waals surface area contributed by atoms with Crippen LogP contribution in [-0.4, -0.2) is 39.3 Å². The molecule has 3 aromatic rings. The third-order valence-electron chi connectivity index (χ3n) is 5.02. The molecule has 33 heavy (non-hydrogen) atoms. The highest BCUT2D eigenvalue weighted by molar-refractivity contribution is 7.17. The number of esters is 1. The molecular weight excluding hydrogens is 442 g/mol. The molecule has 1 atom stereocenters. The second-order valence-electron chi connectivity index (χ2n) is 7.11. The van der Waals surface area contributed by atoms with Crippen LogP contribution in [-0.2, 0) is 14.3 Å². The Hall–Kier alpha value is -4.11. The van der Waals surface area contributed by atoms with Gasteiger partial charge in [-0.15, -0.1) is 0 Å². The number of aryl methyl sites for hydroxylation is 1. The number of anilines is 1. The van der Waals surface area contributed by atoms with Gasteiger partial charge in [0.05, 0.1) is 17.3 Å². The summed E-state index contributed by atoms with van der Waals surface area (Å²) in [5.74, 6) is -2.60. The van der Waals surface area contributed by atoms with Crippen LogP contribution in [0.5, 0.6) is 0 Å². The van der Waals surface area contributed by atoms with Crippen molar-refractivity contribution in [3.8, 4) is 0 Å². The van der Waals surface area contributed by atoms with Gasteiger partial charge in [-0.25, -0.2) is 9.78 Å². The summed E-state index contributed by atoms with van der Waals surface area (Å²) in [6.45, 7) is 5.17. The number of aromatic nitrogens is 2. The van der Waals surface area contributed by atoms with Crippen molar-refractivity contribution in [2.45, 2.75) is 13.0 Å². The first kappa shape index (κ1) is 22.1. The number of benzene rings is 1. The summed E-state index contributed by atoms with van der Waals surface area (Å²) in [6.07, 6.45) is 4.41. The first-order valence-corrected chi connectivity index (χ1v) is 10.8. The molecule has 1 N–H and O–H groups in total. The molecule has 3 heterocycles. The van der Waals surface area contributed by atoms with E-state index in [2.05, 4.69) is 16.5 Å². The van der Waals surface area contributed by atoms with Crippen LogP contribution in [0, 0.1) is 6.92 Å². The van der Waals surface area contributed by atoms with Crippen molar-refractivity contribution in [2.24, 2.45) is 0 Å². The number of nitrogens with zero attached hydrogens (tertiary/aromatic N) is 3. The molecule has 1 amide bonds. The minimum Gasteiger partial charge on any atom is -0.507 e. The smallest absolute Gasteiger partial charge is 0.350 e. The Bertz CT molecular complexity index is 1270. The van der Waals surface area contributed by atoms with Crippen molar-refractivity contribution in [1.82, 2.24) is 9.97 Å². The molecule has 0 bridgehead atoms. The summed E-state index contributed by atoms with van der Waals surface area (Å²) in [7, 11) is 0. The van der Waals surface area contributed by atoms with Gasteiger partial charge in [0.25, 0.3) is 5.78 Å². The summed E-state index contributed by atoms with van der Waals surface area (Å²) in [6, 6.07) is 11.0. The van der Waals surface area contributed by atoms with Gasteiger partial charge in [-0.3, -0.25) is 19.5 Å². The first-order valence-electron chi connectivity index (χ1n) is 9.95.